The quantitative estimate of drug-likeness (QED) is 0.666. The summed E-state index contributed by atoms with van der Waals surface area (Å²) in [5.74, 6) is -0.281. The molecule has 0 bridgehead atoms. The van der Waals surface area contributed by atoms with E-state index in [2.05, 4.69) is 21.2 Å². The molecule has 0 fully saturated rings. The van der Waals surface area contributed by atoms with Gasteiger partial charge in [0.1, 0.15) is 5.82 Å². The number of rotatable bonds is 5. The zero-order chi connectivity index (χ0) is 14.5. The topological polar surface area (TPSA) is 55.2 Å². The van der Waals surface area contributed by atoms with Crippen LogP contribution in [0, 0.1) is 15.9 Å². The summed E-state index contributed by atoms with van der Waals surface area (Å²) >= 11 is 3.30. The first kappa shape index (κ1) is 14.6. The number of nitro benzene ring substituents is 1. The Morgan fingerprint density at radius 3 is 2.50 bits per heavy atom. The van der Waals surface area contributed by atoms with Gasteiger partial charge in [0, 0.05) is 29.2 Å². The average Bonchev–Trinajstić information content (AvgIpc) is 2.41. The third-order valence-electron chi connectivity index (χ3n) is 2.80. The summed E-state index contributed by atoms with van der Waals surface area (Å²) in [4.78, 5) is 10.5. The lowest BCUT2D eigenvalue weighted by Crippen LogP contribution is -2.13. The molecule has 0 heterocycles. The first-order valence-corrected chi connectivity index (χ1v) is 6.73. The Balaban J connectivity index is 2.02. The minimum atomic E-state index is -0.401. The van der Waals surface area contributed by atoms with E-state index in [9.17, 15) is 14.5 Å². The van der Waals surface area contributed by atoms with Crippen LogP contribution in [-0.4, -0.2) is 4.92 Å². The summed E-state index contributed by atoms with van der Waals surface area (Å²) in [5, 5.41) is 14.0. The highest BCUT2D eigenvalue weighted by Gasteiger charge is 2.13. The summed E-state index contributed by atoms with van der Waals surface area (Å²) in [6, 6.07) is 11.0. The van der Waals surface area contributed by atoms with Crippen molar-refractivity contribution in [1.29, 1.82) is 0 Å². The van der Waals surface area contributed by atoms with E-state index in [0.717, 1.165) is 10.0 Å². The van der Waals surface area contributed by atoms with Gasteiger partial charge in [0.25, 0.3) is 5.69 Å². The van der Waals surface area contributed by atoms with Crippen molar-refractivity contribution < 1.29 is 9.31 Å². The van der Waals surface area contributed by atoms with Crippen LogP contribution in [0.3, 0.4) is 0 Å². The molecule has 2 aromatic carbocycles. The number of benzene rings is 2. The van der Waals surface area contributed by atoms with Crippen molar-refractivity contribution in [2.24, 2.45) is 0 Å². The SMILES string of the molecule is O=[N+]([O-])c1ccc(Br)cc1CNCc1ccc(F)cc1. The normalized spacial score (nSPS) is 10.5. The molecule has 0 saturated heterocycles. The number of nitro groups is 1. The molecule has 0 radical (unpaired) electrons. The van der Waals surface area contributed by atoms with Crippen molar-refractivity contribution in [2.45, 2.75) is 13.1 Å². The zero-order valence-corrected chi connectivity index (χ0v) is 12.1. The lowest BCUT2D eigenvalue weighted by atomic mass is 10.1. The van der Waals surface area contributed by atoms with Gasteiger partial charge >= 0.3 is 0 Å². The van der Waals surface area contributed by atoms with Crippen molar-refractivity contribution >= 4 is 21.6 Å². The summed E-state index contributed by atoms with van der Waals surface area (Å²) in [6.45, 7) is 0.886. The number of halogens is 2. The fraction of sp³-hybridized carbons (Fsp3) is 0.143. The van der Waals surface area contributed by atoms with E-state index in [1.165, 1.54) is 18.2 Å². The monoisotopic (exact) mass is 338 g/mol. The maximum Gasteiger partial charge on any atom is 0.273 e. The third-order valence-corrected chi connectivity index (χ3v) is 3.29. The fourth-order valence-electron chi connectivity index (χ4n) is 1.82. The number of hydrogen-bond donors (Lipinski definition) is 1. The second-order valence-corrected chi connectivity index (χ2v) is 5.18. The van der Waals surface area contributed by atoms with Gasteiger partial charge in [-0.05, 0) is 29.8 Å². The maximum absolute atomic E-state index is 12.8. The van der Waals surface area contributed by atoms with Crippen molar-refractivity contribution in [3.63, 3.8) is 0 Å². The lowest BCUT2D eigenvalue weighted by Gasteiger charge is -2.06. The van der Waals surface area contributed by atoms with Gasteiger partial charge in [0.2, 0.25) is 0 Å². The Labute approximate surface area is 123 Å². The molecule has 2 aromatic rings. The minimum Gasteiger partial charge on any atom is -0.308 e. The summed E-state index contributed by atoms with van der Waals surface area (Å²) < 4.78 is 13.6. The molecular weight excluding hydrogens is 327 g/mol. The van der Waals surface area contributed by atoms with E-state index < -0.39 is 4.92 Å². The number of hydrogen-bond acceptors (Lipinski definition) is 3. The Morgan fingerprint density at radius 2 is 1.85 bits per heavy atom. The Kier molecular flexibility index (Phi) is 4.81. The van der Waals surface area contributed by atoms with E-state index in [1.54, 1.807) is 24.3 Å². The minimum absolute atomic E-state index is 0.0832. The maximum atomic E-state index is 12.8. The Morgan fingerprint density at radius 1 is 1.15 bits per heavy atom. The molecule has 0 spiro atoms. The van der Waals surface area contributed by atoms with Gasteiger partial charge in [0.05, 0.1) is 4.92 Å². The summed E-state index contributed by atoms with van der Waals surface area (Å²) in [6.07, 6.45) is 0. The second kappa shape index (κ2) is 6.58. The van der Waals surface area contributed by atoms with Crippen LogP contribution in [0.25, 0.3) is 0 Å². The van der Waals surface area contributed by atoms with Gasteiger partial charge in [-0.2, -0.15) is 0 Å². The molecule has 0 aliphatic rings. The molecular formula is C14H12BrFN2O2. The lowest BCUT2D eigenvalue weighted by molar-refractivity contribution is -0.385. The highest BCUT2D eigenvalue weighted by atomic mass is 79.9. The van der Waals surface area contributed by atoms with Crippen LogP contribution < -0.4 is 5.32 Å². The van der Waals surface area contributed by atoms with Gasteiger partial charge in [-0.1, -0.05) is 28.1 Å². The van der Waals surface area contributed by atoms with Gasteiger partial charge in [-0.15, -0.1) is 0 Å². The van der Waals surface area contributed by atoms with Gasteiger partial charge in [0.15, 0.2) is 0 Å². The van der Waals surface area contributed by atoms with Crippen LogP contribution >= 0.6 is 15.9 Å². The van der Waals surface area contributed by atoms with Crippen molar-refractivity contribution in [2.75, 3.05) is 0 Å². The molecule has 0 saturated carbocycles. The van der Waals surface area contributed by atoms with Gasteiger partial charge in [-0.25, -0.2) is 4.39 Å². The molecule has 0 amide bonds. The van der Waals surface area contributed by atoms with E-state index in [-0.39, 0.29) is 11.5 Å². The Bertz CT molecular complexity index is 617. The summed E-state index contributed by atoms with van der Waals surface area (Å²) in [5.41, 5.74) is 1.61. The van der Waals surface area contributed by atoms with E-state index in [0.29, 0.717) is 18.7 Å². The summed E-state index contributed by atoms with van der Waals surface area (Å²) in [7, 11) is 0. The number of nitrogens with one attached hydrogen (secondary N) is 1. The molecule has 4 nitrogen and oxygen atoms in total. The molecule has 0 aromatic heterocycles. The largest absolute Gasteiger partial charge is 0.308 e. The first-order chi connectivity index (χ1) is 9.56. The van der Waals surface area contributed by atoms with Gasteiger partial charge < -0.3 is 5.32 Å². The highest BCUT2D eigenvalue weighted by Crippen LogP contribution is 2.22. The van der Waals surface area contributed by atoms with Crippen LogP contribution in [0.15, 0.2) is 46.9 Å². The molecule has 0 aliphatic carbocycles. The van der Waals surface area contributed by atoms with Crippen LogP contribution in [0.1, 0.15) is 11.1 Å². The molecule has 20 heavy (non-hydrogen) atoms. The zero-order valence-electron chi connectivity index (χ0n) is 10.5. The van der Waals surface area contributed by atoms with Crippen molar-refractivity contribution in [3.8, 4) is 0 Å². The van der Waals surface area contributed by atoms with Crippen molar-refractivity contribution in [3.05, 3.63) is 74.0 Å². The van der Waals surface area contributed by atoms with Gasteiger partial charge in [-0.3, -0.25) is 10.1 Å². The smallest absolute Gasteiger partial charge is 0.273 e. The van der Waals surface area contributed by atoms with E-state index in [4.69, 9.17) is 0 Å². The third kappa shape index (κ3) is 3.85. The predicted molar refractivity (Wildman–Crippen MR) is 77.7 cm³/mol. The van der Waals surface area contributed by atoms with Crippen LogP contribution in [0.4, 0.5) is 10.1 Å². The van der Waals surface area contributed by atoms with Crippen LogP contribution in [-0.2, 0) is 13.1 Å². The standard InChI is InChI=1S/C14H12BrFN2O2/c15-12-3-6-14(18(19)20)11(7-12)9-17-8-10-1-4-13(16)5-2-10/h1-7,17H,8-9H2. The molecule has 2 rings (SSSR count). The average molecular weight is 339 g/mol. The number of nitrogens with zero attached hydrogens (tertiary/aromatic N) is 1. The first-order valence-electron chi connectivity index (χ1n) is 5.94. The molecule has 0 atom stereocenters. The molecule has 1 N–H and O–H groups in total. The molecule has 0 aliphatic heterocycles. The van der Waals surface area contributed by atoms with Crippen molar-refractivity contribution in [1.82, 2.24) is 5.32 Å². The molecule has 6 heteroatoms. The second-order valence-electron chi connectivity index (χ2n) is 4.26. The van der Waals surface area contributed by atoms with Crippen LogP contribution in [0.5, 0.6) is 0 Å². The van der Waals surface area contributed by atoms with E-state index in [1.807, 2.05) is 0 Å². The predicted octanol–water partition coefficient (Wildman–Crippen LogP) is 3.79. The molecule has 104 valence electrons. The van der Waals surface area contributed by atoms with Crippen LogP contribution in [0.2, 0.25) is 0 Å². The van der Waals surface area contributed by atoms with E-state index >= 15 is 0 Å². The highest BCUT2D eigenvalue weighted by molar-refractivity contribution is 9.10. The Hall–Kier alpha value is -1.79. The fourth-order valence-corrected chi connectivity index (χ4v) is 2.23. The molecule has 0 unspecified atom stereocenters.